The van der Waals surface area contributed by atoms with Gasteiger partial charge in [0.25, 0.3) is 0 Å². The van der Waals surface area contributed by atoms with Gasteiger partial charge in [0.1, 0.15) is 0 Å². The van der Waals surface area contributed by atoms with Gasteiger partial charge >= 0.3 is 0 Å². The van der Waals surface area contributed by atoms with E-state index in [1.54, 1.807) is 18.6 Å². The van der Waals surface area contributed by atoms with E-state index in [0.29, 0.717) is 6.04 Å². The van der Waals surface area contributed by atoms with Crippen LogP contribution >= 0.6 is 0 Å². The van der Waals surface area contributed by atoms with E-state index < -0.39 is 0 Å². The van der Waals surface area contributed by atoms with Gasteiger partial charge in [0.05, 0.1) is 5.69 Å². The van der Waals surface area contributed by atoms with Gasteiger partial charge < -0.3 is 10.4 Å². The Balaban J connectivity index is 2.50. The molecule has 1 aromatic heterocycles. The number of rotatable bonds is 6. The van der Waals surface area contributed by atoms with Gasteiger partial charge in [0.2, 0.25) is 0 Å². The maximum atomic E-state index is 8.88. The molecule has 84 valence electrons. The number of nitrogens with one attached hydrogen (secondary N) is 1. The fourth-order valence-electron chi connectivity index (χ4n) is 1.53. The average molecular weight is 209 g/mol. The molecule has 1 aromatic rings. The molecule has 4 heteroatoms. The van der Waals surface area contributed by atoms with Crippen LogP contribution in [0.1, 0.15) is 38.4 Å². The Kier molecular flexibility index (Phi) is 5.21. The summed E-state index contributed by atoms with van der Waals surface area (Å²) in [7, 11) is 0. The van der Waals surface area contributed by atoms with E-state index in [1.165, 1.54) is 0 Å². The van der Waals surface area contributed by atoms with Crippen LogP contribution < -0.4 is 5.32 Å². The molecule has 0 aliphatic carbocycles. The lowest BCUT2D eigenvalue weighted by molar-refractivity contribution is 0.256. The minimum atomic E-state index is 0.176. The SMILES string of the molecule is CCC(CCO)NC(C)c1cnccn1. The first-order valence-corrected chi connectivity index (χ1v) is 5.40. The molecule has 0 bridgehead atoms. The van der Waals surface area contributed by atoms with Gasteiger partial charge in [-0.15, -0.1) is 0 Å². The van der Waals surface area contributed by atoms with Crippen LogP contribution in [-0.2, 0) is 0 Å². The van der Waals surface area contributed by atoms with Crippen LogP contribution in [0.25, 0.3) is 0 Å². The van der Waals surface area contributed by atoms with E-state index in [-0.39, 0.29) is 12.6 Å². The summed E-state index contributed by atoms with van der Waals surface area (Å²) in [5, 5.41) is 12.3. The van der Waals surface area contributed by atoms with Gasteiger partial charge in [-0.25, -0.2) is 0 Å². The lowest BCUT2D eigenvalue weighted by atomic mass is 10.1. The van der Waals surface area contributed by atoms with Crippen molar-refractivity contribution in [3.63, 3.8) is 0 Å². The fourth-order valence-corrected chi connectivity index (χ4v) is 1.53. The topological polar surface area (TPSA) is 58.0 Å². The molecule has 15 heavy (non-hydrogen) atoms. The number of nitrogens with zero attached hydrogens (tertiary/aromatic N) is 2. The second-order valence-corrected chi connectivity index (χ2v) is 3.64. The largest absolute Gasteiger partial charge is 0.396 e. The highest BCUT2D eigenvalue weighted by Crippen LogP contribution is 2.10. The fraction of sp³-hybridized carbons (Fsp3) is 0.636. The van der Waals surface area contributed by atoms with E-state index in [0.717, 1.165) is 18.5 Å². The molecule has 4 nitrogen and oxygen atoms in total. The maximum Gasteiger partial charge on any atom is 0.0753 e. The molecule has 0 aromatic carbocycles. The van der Waals surface area contributed by atoms with Gasteiger partial charge in [0, 0.05) is 37.3 Å². The number of hydrogen-bond donors (Lipinski definition) is 2. The van der Waals surface area contributed by atoms with Crippen molar-refractivity contribution in [3.05, 3.63) is 24.3 Å². The standard InChI is InChI=1S/C11H19N3O/c1-3-10(4-7-15)14-9(2)11-8-12-5-6-13-11/h5-6,8-10,14-15H,3-4,7H2,1-2H3. The second kappa shape index (κ2) is 6.48. The molecule has 2 unspecified atom stereocenters. The average Bonchev–Trinajstić information content (AvgIpc) is 2.29. The highest BCUT2D eigenvalue weighted by Gasteiger charge is 2.11. The van der Waals surface area contributed by atoms with Gasteiger partial charge in [-0.2, -0.15) is 0 Å². The number of aromatic nitrogens is 2. The monoisotopic (exact) mass is 209 g/mol. The third kappa shape index (κ3) is 3.93. The number of hydrogen-bond acceptors (Lipinski definition) is 4. The summed E-state index contributed by atoms with van der Waals surface area (Å²) in [6.07, 6.45) is 6.91. The third-order valence-electron chi connectivity index (χ3n) is 2.48. The van der Waals surface area contributed by atoms with E-state index >= 15 is 0 Å². The lowest BCUT2D eigenvalue weighted by Gasteiger charge is -2.20. The van der Waals surface area contributed by atoms with Crippen LogP contribution in [0.15, 0.2) is 18.6 Å². The minimum Gasteiger partial charge on any atom is -0.396 e. The van der Waals surface area contributed by atoms with E-state index in [2.05, 4.69) is 29.1 Å². The van der Waals surface area contributed by atoms with Crippen molar-refractivity contribution in [3.8, 4) is 0 Å². The van der Waals surface area contributed by atoms with E-state index in [1.807, 2.05) is 0 Å². The van der Waals surface area contributed by atoms with Crippen LogP contribution in [-0.4, -0.2) is 27.7 Å². The van der Waals surface area contributed by atoms with Crippen molar-refractivity contribution in [2.75, 3.05) is 6.61 Å². The van der Waals surface area contributed by atoms with E-state index in [9.17, 15) is 0 Å². The van der Waals surface area contributed by atoms with Crippen molar-refractivity contribution in [1.29, 1.82) is 0 Å². The number of aliphatic hydroxyl groups excluding tert-OH is 1. The first-order chi connectivity index (χ1) is 7.27. The van der Waals surface area contributed by atoms with Crippen molar-refractivity contribution in [1.82, 2.24) is 15.3 Å². The molecule has 0 amide bonds. The van der Waals surface area contributed by atoms with Gasteiger partial charge in [-0.05, 0) is 19.8 Å². The summed E-state index contributed by atoms with van der Waals surface area (Å²) < 4.78 is 0. The molecular weight excluding hydrogens is 190 g/mol. The van der Waals surface area contributed by atoms with Crippen molar-refractivity contribution < 1.29 is 5.11 Å². The van der Waals surface area contributed by atoms with Crippen LogP contribution in [0.4, 0.5) is 0 Å². The first-order valence-electron chi connectivity index (χ1n) is 5.40. The Bertz CT molecular complexity index is 266. The molecule has 2 N–H and O–H groups in total. The summed E-state index contributed by atoms with van der Waals surface area (Å²) in [5.41, 5.74) is 0.939. The smallest absolute Gasteiger partial charge is 0.0753 e. The van der Waals surface area contributed by atoms with Gasteiger partial charge in [-0.1, -0.05) is 6.92 Å². The minimum absolute atomic E-state index is 0.176. The zero-order chi connectivity index (χ0) is 11.1. The Morgan fingerprint density at radius 1 is 1.47 bits per heavy atom. The quantitative estimate of drug-likeness (QED) is 0.741. The molecule has 0 aliphatic heterocycles. The third-order valence-corrected chi connectivity index (χ3v) is 2.48. The Hall–Kier alpha value is -1.00. The summed E-state index contributed by atoms with van der Waals surface area (Å²) in [4.78, 5) is 8.27. The Morgan fingerprint density at radius 2 is 2.27 bits per heavy atom. The normalized spacial score (nSPS) is 14.9. The first kappa shape index (κ1) is 12.1. The Morgan fingerprint density at radius 3 is 2.80 bits per heavy atom. The molecule has 1 rings (SSSR count). The zero-order valence-electron chi connectivity index (χ0n) is 9.35. The molecule has 0 aliphatic rings. The van der Waals surface area contributed by atoms with Crippen molar-refractivity contribution in [2.45, 2.75) is 38.8 Å². The summed E-state index contributed by atoms with van der Waals surface area (Å²) in [5.74, 6) is 0. The molecule has 0 saturated carbocycles. The summed E-state index contributed by atoms with van der Waals surface area (Å²) in [6.45, 7) is 4.39. The highest BCUT2D eigenvalue weighted by molar-refractivity contribution is 5.01. The lowest BCUT2D eigenvalue weighted by Crippen LogP contribution is -2.32. The molecule has 2 atom stereocenters. The highest BCUT2D eigenvalue weighted by atomic mass is 16.3. The molecule has 0 fully saturated rings. The molecule has 0 radical (unpaired) electrons. The molecule has 1 heterocycles. The van der Waals surface area contributed by atoms with Gasteiger partial charge in [0.15, 0.2) is 0 Å². The zero-order valence-corrected chi connectivity index (χ0v) is 9.35. The van der Waals surface area contributed by atoms with Crippen LogP contribution in [0.2, 0.25) is 0 Å². The van der Waals surface area contributed by atoms with Crippen LogP contribution in [0.5, 0.6) is 0 Å². The molecule has 0 saturated heterocycles. The van der Waals surface area contributed by atoms with Crippen molar-refractivity contribution >= 4 is 0 Å². The van der Waals surface area contributed by atoms with E-state index in [4.69, 9.17) is 5.11 Å². The predicted octanol–water partition coefficient (Wildman–Crippen LogP) is 1.29. The summed E-state index contributed by atoms with van der Waals surface area (Å²) >= 11 is 0. The summed E-state index contributed by atoms with van der Waals surface area (Å²) in [6, 6.07) is 0.516. The van der Waals surface area contributed by atoms with Crippen molar-refractivity contribution in [2.24, 2.45) is 0 Å². The maximum absolute atomic E-state index is 8.88. The molecule has 0 spiro atoms. The van der Waals surface area contributed by atoms with Crippen LogP contribution in [0, 0.1) is 0 Å². The molecular formula is C11H19N3O. The number of aliphatic hydroxyl groups is 1. The Labute approximate surface area is 90.8 Å². The predicted molar refractivity (Wildman–Crippen MR) is 59.4 cm³/mol. The van der Waals surface area contributed by atoms with Gasteiger partial charge in [-0.3, -0.25) is 9.97 Å². The second-order valence-electron chi connectivity index (χ2n) is 3.64. The van der Waals surface area contributed by atoms with Crippen LogP contribution in [0.3, 0.4) is 0 Å².